The molecule has 0 saturated carbocycles. The molecule has 1 fully saturated rings. The Morgan fingerprint density at radius 1 is 1.21 bits per heavy atom. The van der Waals surface area contributed by atoms with Crippen LogP contribution in [0.25, 0.3) is 0 Å². The number of rotatable bonds is 9. The molecule has 1 aliphatic heterocycles. The zero-order valence-electron chi connectivity index (χ0n) is 16.5. The van der Waals surface area contributed by atoms with E-state index in [0.717, 1.165) is 5.56 Å². The summed E-state index contributed by atoms with van der Waals surface area (Å²) in [7, 11) is -3.02. The SMILES string of the molecule is CC(=O)c1cccc(OCC(O)CN(Cc2ccccc2)C2CCS(=O)(=O)C2)c1. The number of ketones is 1. The van der Waals surface area contributed by atoms with Gasteiger partial charge in [0.05, 0.1) is 11.5 Å². The summed E-state index contributed by atoms with van der Waals surface area (Å²) in [6.45, 7) is 2.43. The van der Waals surface area contributed by atoms with Crippen molar-refractivity contribution in [3.05, 3.63) is 65.7 Å². The number of benzene rings is 2. The predicted octanol–water partition coefficient (Wildman–Crippen LogP) is 2.32. The number of aliphatic hydroxyl groups is 1. The zero-order chi connectivity index (χ0) is 20.9. The maximum atomic E-state index is 11.9. The molecule has 2 unspecified atom stereocenters. The molecule has 0 aromatic heterocycles. The third-order valence-electron chi connectivity index (χ3n) is 5.08. The van der Waals surface area contributed by atoms with Gasteiger partial charge in [-0.3, -0.25) is 9.69 Å². The summed E-state index contributed by atoms with van der Waals surface area (Å²) in [4.78, 5) is 13.5. The van der Waals surface area contributed by atoms with Crippen molar-refractivity contribution in [1.82, 2.24) is 4.90 Å². The van der Waals surface area contributed by atoms with E-state index in [1.807, 2.05) is 35.2 Å². The van der Waals surface area contributed by atoms with Crippen molar-refractivity contribution in [3.63, 3.8) is 0 Å². The minimum atomic E-state index is -3.02. The quantitative estimate of drug-likeness (QED) is 0.631. The molecule has 0 amide bonds. The van der Waals surface area contributed by atoms with Crippen molar-refractivity contribution < 1.29 is 23.1 Å². The molecule has 7 heteroatoms. The molecule has 1 saturated heterocycles. The second-order valence-electron chi connectivity index (χ2n) is 7.52. The second-order valence-corrected chi connectivity index (χ2v) is 9.75. The summed E-state index contributed by atoms with van der Waals surface area (Å²) in [5.74, 6) is 0.781. The molecular weight excluding hydrogens is 390 g/mol. The van der Waals surface area contributed by atoms with Crippen molar-refractivity contribution in [2.75, 3.05) is 24.7 Å². The van der Waals surface area contributed by atoms with E-state index >= 15 is 0 Å². The van der Waals surface area contributed by atoms with E-state index < -0.39 is 15.9 Å². The van der Waals surface area contributed by atoms with Crippen molar-refractivity contribution in [2.24, 2.45) is 0 Å². The van der Waals surface area contributed by atoms with E-state index in [1.165, 1.54) is 6.92 Å². The van der Waals surface area contributed by atoms with Gasteiger partial charge in [0, 0.05) is 24.7 Å². The molecule has 0 bridgehead atoms. The summed E-state index contributed by atoms with van der Waals surface area (Å²) in [5.41, 5.74) is 1.62. The molecular formula is C22H27NO5S. The Bertz CT molecular complexity index is 929. The van der Waals surface area contributed by atoms with Crippen LogP contribution in [0.2, 0.25) is 0 Å². The van der Waals surface area contributed by atoms with Gasteiger partial charge in [0.25, 0.3) is 0 Å². The highest BCUT2D eigenvalue weighted by Crippen LogP contribution is 2.21. The molecule has 0 aliphatic carbocycles. The molecule has 29 heavy (non-hydrogen) atoms. The summed E-state index contributed by atoms with van der Waals surface area (Å²) in [6.07, 6.45) is -0.216. The van der Waals surface area contributed by atoms with Crippen LogP contribution in [0.15, 0.2) is 54.6 Å². The van der Waals surface area contributed by atoms with Crippen LogP contribution in [0.4, 0.5) is 0 Å². The van der Waals surface area contributed by atoms with Gasteiger partial charge in [-0.2, -0.15) is 0 Å². The topological polar surface area (TPSA) is 83.9 Å². The number of carbonyl (C=O) groups is 1. The van der Waals surface area contributed by atoms with Gasteiger partial charge in [0.1, 0.15) is 18.5 Å². The van der Waals surface area contributed by atoms with E-state index in [2.05, 4.69) is 0 Å². The highest BCUT2D eigenvalue weighted by Gasteiger charge is 2.33. The van der Waals surface area contributed by atoms with Crippen molar-refractivity contribution in [1.29, 1.82) is 0 Å². The number of Topliss-reactive ketones (excluding diaryl/α,β-unsaturated/α-hetero) is 1. The molecule has 2 aromatic rings. The number of carbonyl (C=O) groups excluding carboxylic acids is 1. The number of ether oxygens (including phenoxy) is 1. The van der Waals surface area contributed by atoms with Crippen LogP contribution in [-0.2, 0) is 16.4 Å². The molecule has 2 atom stereocenters. The first-order valence-corrected chi connectivity index (χ1v) is 11.5. The van der Waals surface area contributed by atoms with Crippen LogP contribution in [0.1, 0.15) is 29.3 Å². The average molecular weight is 418 g/mol. The Labute approximate surface area is 172 Å². The minimum Gasteiger partial charge on any atom is -0.491 e. The van der Waals surface area contributed by atoms with Gasteiger partial charge in [-0.05, 0) is 31.0 Å². The lowest BCUT2D eigenvalue weighted by molar-refractivity contribution is 0.0524. The van der Waals surface area contributed by atoms with Gasteiger partial charge >= 0.3 is 0 Å². The van der Waals surface area contributed by atoms with E-state index in [1.54, 1.807) is 24.3 Å². The Kier molecular flexibility index (Phi) is 7.05. The van der Waals surface area contributed by atoms with Gasteiger partial charge in [0.15, 0.2) is 15.6 Å². The first kappa shape index (κ1) is 21.5. The van der Waals surface area contributed by atoms with E-state index in [0.29, 0.717) is 30.8 Å². The van der Waals surface area contributed by atoms with Crippen LogP contribution in [-0.4, -0.2) is 61.0 Å². The van der Waals surface area contributed by atoms with Crippen LogP contribution in [0.5, 0.6) is 5.75 Å². The van der Waals surface area contributed by atoms with Crippen molar-refractivity contribution in [3.8, 4) is 5.75 Å². The fourth-order valence-electron chi connectivity index (χ4n) is 3.54. The van der Waals surface area contributed by atoms with Crippen molar-refractivity contribution >= 4 is 15.6 Å². The molecule has 1 aliphatic rings. The summed E-state index contributed by atoms with van der Waals surface area (Å²) >= 11 is 0. The normalized spacial score (nSPS) is 19.2. The van der Waals surface area contributed by atoms with E-state index in [9.17, 15) is 18.3 Å². The lowest BCUT2D eigenvalue weighted by Crippen LogP contribution is -2.42. The minimum absolute atomic E-state index is 0.0486. The molecule has 1 N–H and O–H groups in total. The lowest BCUT2D eigenvalue weighted by atomic mass is 10.1. The van der Waals surface area contributed by atoms with E-state index in [-0.39, 0.29) is 29.9 Å². The third-order valence-corrected chi connectivity index (χ3v) is 6.83. The summed E-state index contributed by atoms with van der Waals surface area (Å²) in [6, 6.07) is 16.5. The Hall–Kier alpha value is -2.22. The molecule has 156 valence electrons. The highest BCUT2D eigenvalue weighted by molar-refractivity contribution is 7.91. The molecule has 2 aromatic carbocycles. The van der Waals surface area contributed by atoms with Crippen LogP contribution in [0.3, 0.4) is 0 Å². The first-order valence-electron chi connectivity index (χ1n) is 9.73. The maximum Gasteiger partial charge on any atom is 0.159 e. The fourth-order valence-corrected chi connectivity index (χ4v) is 5.31. The maximum absolute atomic E-state index is 11.9. The standard InChI is InChI=1S/C22H27NO5S/c1-17(24)19-8-5-9-22(12-19)28-15-21(25)14-23(13-18-6-3-2-4-7-18)20-10-11-29(26,27)16-20/h2-9,12,20-21,25H,10-11,13-16H2,1H3. The number of sulfone groups is 1. The second kappa shape index (κ2) is 9.52. The summed E-state index contributed by atoms with van der Waals surface area (Å²) in [5, 5.41) is 10.5. The monoisotopic (exact) mass is 417 g/mol. The van der Waals surface area contributed by atoms with Crippen molar-refractivity contribution in [2.45, 2.75) is 32.0 Å². The van der Waals surface area contributed by atoms with Gasteiger partial charge in [-0.1, -0.05) is 42.5 Å². The van der Waals surface area contributed by atoms with Gasteiger partial charge in [0.2, 0.25) is 0 Å². The van der Waals surface area contributed by atoms with Crippen LogP contribution >= 0.6 is 0 Å². The number of hydrogen-bond acceptors (Lipinski definition) is 6. The number of aliphatic hydroxyl groups excluding tert-OH is 1. The molecule has 0 spiro atoms. The lowest BCUT2D eigenvalue weighted by Gasteiger charge is -2.30. The first-order chi connectivity index (χ1) is 13.8. The average Bonchev–Trinajstić information content (AvgIpc) is 3.06. The molecule has 0 radical (unpaired) electrons. The summed E-state index contributed by atoms with van der Waals surface area (Å²) < 4.78 is 29.5. The molecule has 6 nitrogen and oxygen atoms in total. The van der Waals surface area contributed by atoms with Gasteiger partial charge in [-0.25, -0.2) is 8.42 Å². The number of hydrogen-bond donors (Lipinski definition) is 1. The Morgan fingerprint density at radius 2 is 1.97 bits per heavy atom. The smallest absolute Gasteiger partial charge is 0.159 e. The zero-order valence-corrected chi connectivity index (χ0v) is 17.3. The largest absolute Gasteiger partial charge is 0.491 e. The Balaban J connectivity index is 1.63. The third kappa shape index (κ3) is 6.39. The van der Waals surface area contributed by atoms with E-state index in [4.69, 9.17) is 4.74 Å². The molecule has 3 rings (SSSR count). The number of nitrogens with zero attached hydrogens (tertiary/aromatic N) is 1. The van der Waals surface area contributed by atoms with Crippen LogP contribution in [0, 0.1) is 0 Å². The highest BCUT2D eigenvalue weighted by atomic mass is 32.2. The van der Waals surface area contributed by atoms with Gasteiger partial charge in [-0.15, -0.1) is 0 Å². The molecule has 1 heterocycles. The van der Waals surface area contributed by atoms with Crippen LogP contribution < -0.4 is 4.74 Å². The Morgan fingerprint density at radius 3 is 2.62 bits per heavy atom. The van der Waals surface area contributed by atoms with Gasteiger partial charge < -0.3 is 9.84 Å². The predicted molar refractivity (Wildman–Crippen MR) is 112 cm³/mol. The fraction of sp³-hybridized carbons (Fsp3) is 0.409.